The van der Waals surface area contributed by atoms with Crippen molar-refractivity contribution in [1.29, 1.82) is 0 Å². The number of amides is 1. The Morgan fingerprint density at radius 1 is 1.24 bits per heavy atom. The second-order valence-corrected chi connectivity index (χ2v) is 6.54. The molecule has 1 aromatic carbocycles. The van der Waals surface area contributed by atoms with E-state index in [1.807, 2.05) is 29.2 Å². The summed E-state index contributed by atoms with van der Waals surface area (Å²) in [6, 6.07) is 7.76. The molecule has 0 unspecified atom stereocenters. The summed E-state index contributed by atoms with van der Waals surface area (Å²) in [5.74, 6) is 0.977. The first-order valence-corrected chi connectivity index (χ1v) is 9.20. The Hall–Kier alpha value is -1.79. The molecule has 1 amide bonds. The predicted octanol–water partition coefficient (Wildman–Crippen LogP) is 1.56. The van der Waals surface area contributed by atoms with Gasteiger partial charge in [-0.3, -0.25) is 9.69 Å². The standard InChI is InChI=1S/C18H28ClN5O/c1-3-20-18(22-14-16-5-4-6-17(19)13-16)21-7-8-23-9-11-24(12-10-23)15(2)25/h4-6,13H,3,7-12,14H2,1-2H3,(H2,20,21,22). The van der Waals surface area contributed by atoms with Crippen LogP contribution in [-0.4, -0.2) is 67.5 Å². The van der Waals surface area contributed by atoms with E-state index < -0.39 is 0 Å². The molecule has 6 nitrogen and oxygen atoms in total. The highest BCUT2D eigenvalue weighted by Crippen LogP contribution is 2.11. The molecule has 2 N–H and O–H groups in total. The minimum Gasteiger partial charge on any atom is -0.357 e. The SMILES string of the molecule is CCNC(=NCc1cccc(Cl)c1)NCCN1CCN(C(C)=O)CC1. The zero-order chi connectivity index (χ0) is 18.1. The van der Waals surface area contributed by atoms with Crippen LogP contribution >= 0.6 is 11.6 Å². The van der Waals surface area contributed by atoms with Crippen molar-refractivity contribution in [2.75, 3.05) is 45.8 Å². The van der Waals surface area contributed by atoms with Crippen molar-refractivity contribution >= 4 is 23.5 Å². The molecular weight excluding hydrogens is 338 g/mol. The fourth-order valence-corrected chi connectivity index (χ4v) is 2.98. The highest BCUT2D eigenvalue weighted by Gasteiger charge is 2.17. The number of guanidine groups is 1. The molecule has 0 radical (unpaired) electrons. The van der Waals surface area contributed by atoms with E-state index in [4.69, 9.17) is 11.6 Å². The molecule has 138 valence electrons. The summed E-state index contributed by atoms with van der Waals surface area (Å²) in [6.07, 6.45) is 0. The van der Waals surface area contributed by atoms with Crippen LogP contribution in [0.3, 0.4) is 0 Å². The van der Waals surface area contributed by atoms with Gasteiger partial charge in [0, 0.05) is 57.8 Å². The Morgan fingerprint density at radius 3 is 2.64 bits per heavy atom. The maximum atomic E-state index is 11.4. The van der Waals surface area contributed by atoms with E-state index >= 15 is 0 Å². The third kappa shape index (κ3) is 6.92. The second kappa shape index (κ2) is 10.3. The van der Waals surface area contributed by atoms with E-state index in [0.717, 1.165) is 62.4 Å². The minimum atomic E-state index is 0.167. The van der Waals surface area contributed by atoms with E-state index in [0.29, 0.717) is 6.54 Å². The van der Waals surface area contributed by atoms with Crippen LogP contribution in [0.25, 0.3) is 0 Å². The van der Waals surface area contributed by atoms with Crippen molar-refractivity contribution in [2.45, 2.75) is 20.4 Å². The Bertz CT molecular complexity index is 585. The van der Waals surface area contributed by atoms with Crippen LogP contribution in [0.2, 0.25) is 5.02 Å². The van der Waals surface area contributed by atoms with Crippen molar-refractivity contribution in [3.05, 3.63) is 34.9 Å². The van der Waals surface area contributed by atoms with Gasteiger partial charge in [-0.2, -0.15) is 0 Å². The lowest BCUT2D eigenvalue weighted by molar-refractivity contribution is -0.130. The van der Waals surface area contributed by atoms with E-state index in [2.05, 4.69) is 27.4 Å². The normalized spacial score (nSPS) is 16.0. The summed E-state index contributed by atoms with van der Waals surface area (Å²) in [5, 5.41) is 7.36. The topological polar surface area (TPSA) is 60.0 Å². The molecule has 0 bridgehead atoms. The number of rotatable bonds is 6. The quantitative estimate of drug-likeness (QED) is 0.593. The number of carbonyl (C=O) groups is 1. The summed E-state index contributed by atoms with van der Waals surface area (Å²) in [6.45, 7) is 10.3. The number of nitrogens with zero attached hydrogens (tertiary/aromatic N) is 3. The van der Waals surface area contributed by atoms with Gasteiger partial charge in [0.15, 0.2) is 5.96 Å². The van der Waals surface area contributed by atoms with Crippen LogP contribution in [0.15, 0.2) is 29.3 Å². The molecule has 0 saturated carbocycles. The molecule has 0 atom stereocenters. The summed E-state index contributed by atoms with van der Waals surface area (Å²) in [4.78, 5) is 20.2. The van der Waals surface area contributed by atoms with Gasteiger partial charge in [-0.25, -0.2) is 4.99 Å². The zero-order valence-corrected chi connectivity index (χ0v) is 15.9. The summed E-state index contributed by atoms with van der Waals surface area (Å²) in [7, 11) is 0. The molecule has 1 fully saturated rings. The van der Waals surface area contributed by atoms with E-state index in [1.165, 1.54) is 0 Å². The van der Waals surface area contributed by atoms with Crippen molar-refractivity contribution < 1.29 is 4.79 Å². The van der Waals surface area contributed by atoms with Crippen molar-refractivity contribution in [1.82, 2.24) is 20.4 Å². The summed E-state index contributed by atoms with van der Waals surface area (Å²) >= 11 is 6.01. The van der Waals surface area contributed by atoms with Crippen LogP contribution in [-0.2, 0) is 11.3 Å². The number of hydrogen-bond acceptors (Lipinski definition) is 3. The maximum absolute atomic E-state index is 11.4. The molecule has 0 aromatic heterocycles. The number of carbonyl (C=O) groups excluding carboxylic acids is 1. The molecule has 0 spiro atoms. The zero-order valence-electron chi connectivity index (χ0n) is 15.1. The Labute approximate surface area is 155 Å². The van der Waals surface area contributed by atoms with E-state index in [9.17, 15) is 4.79 Å². The van der Waals surface area contributed by atoms with Gasteiger partial charge < -0.3 is 15.5 Å². The fourth-order valence-electron chi connectivity index (χ4n) is 2.77. The Balaban J connectivity index is 1.76. The number of aliphatic imine (C=N–C) groups is 1. The summed E-state index contributed by atoms with van der Waals surface area (Å²) < 4.78 is 0. The van der Waals surface area contributed by atoms with Crippen LogP contribution in [0, 0.1) is 0 Å². The van der Waals surface area contributed by atoms with Crippen LogP contribution in [0.5, 0.6) is 0 Å². The molecule has 7 heteroatoms. The largest absolute Gasteiger partial charge is 0.357 e. The molecule has 1 saturated heterocycles. The number of hydrogen-bond donors (Lipinski definition) is 2. The Morgan fingerprint density at radius 2 is 2.00 bits per heavy atom. The molecule has 0 aliphatic carbocycles. The first-order valence-electron chi connectivity index (χ1n) is 8.83. The maximum Gasteiger partial charge on any atom is 0.219 e. The first-order chi connectivity index (χ1) is 12.1. The van der Waals surface area contributed by atoms with Crippen molar-refractivity contribution in [3.8, 4) is 0 Å². The number of nitrogens with one attached hydrogen (secondary N) is 2. The van der Waals surface area contributed by atoms with Gasteiger partial charge in [0.05, 0.1) is 6.54 Å². The second-order valence-electron chi connectivity index (χ2n) is 6.10. The third-order valence-electron chi connectivity index (χ3n) is 4.19. The van der Waals surface area contributed by atoms with Gasteiger partial charge >= 0.3 is 0 Å². The lowest BCUT2D eigenvalue weighted by Crippen LogP contribution is -2.50. The van der Waals surface area contributed by atoms with E-state index in [-0.39, 0.29) is 5.91 Å². The molecule has 1 aliphatic rings. The molecule has 1 heterocycles. The smallest absolute Gasteiger partial charge is 0.219 e. The number of benzene rings is 1. The summed E-state index contributed by atoms with van der Waals surface area (Å²) in [5.41, 5.74) is 1.09. The lowest BCUT2D eigenvalue weighted by atomic mass is 10.2. The third-order valence-corrected chi connectivity index (χ3v) is 4.43. The molecule has 1 aromatic rings. The number of piperazine rings is 1. The van der Waals surface area contributed by atoms with Gasteiger partial charge in [-0.05, 0) is 24.6 Å². The van der Waals surface area contributed by atoms with Crippen LogP contribution in [0.1, 0.15) is 19.4 Å². The lowest BCUT2D eigenvalue weighted by Gasteiger charge is -2.34. The van der Waals surface area contributed by atoms with Gasteiger partial charge in [-0.1, -0.05) is 23.7 Å². The first kappa shape index (κ1) is 19.5. The van der Waals surface area contributed by atoms with Crippen LogP contribution in [0.4, 0.5) is 0 Å². The minimum absolute atomic E-state index is 0.167. The van der Waals surface area contributed by atoms with Crippen molar-refractivity contribution in [3.63, 3.8) is 0 Å². The average molecular weight is 366 g/mol. The fraction of sp³-hybridized carbons (Fsp3) is 0.556. The Kier molecular flexibility index (Phi) is 8.01. The highest BCUT2D eigenvalue weighted by molar-refractivity contribution is 6.30. The van der Waals surface area contributed by atoms with Gasteiger partial charge in [0.1, 0.15) is 0 Å². The average Bonchev–Trinajstić information content (AvgIpc) is 2.60. The molecule has 1 aliphatic heterocycles. The molecule has 25 heavy (non-hydrogen) atoms. The van der Waals surface area contributed by atoms with Crippen LogP contribution < -0.4 is 10.6 Å². The predicted molar refractivity (Wildman–Crippen MR) is 103 cm³/mol. The number of halogens is 1. The van der Waals surface area contributed by atoms with E-state index in [1.54, 1.807) is 6.92 Å². The van der Waals surface area contributed by atoms with Crippen molar-refractivity contribution in [2.24, 2.45) is 4.99 Å². The monoisotopic (exact) mass is 365 g/mol. The van der Waals surface area contributed by atoms with Gasteiger partial charge in [0.25, 0.3) is 0 Å². The highest BCUT2D eigenvalue weighted by atomic mass is 35.5. The molecular formula is C18H28ClN5O. The molecule has 2 rings (SSSR count). The van der Waals surface area contributed by atoms with Gasteiger partial charge in [0.2, 0.25) is 5.91 Å². The van der Waals surface area contributed by atoms with Gasteiger partial charge in [-0.15, -0.1) is 0 Å².